The van der Waals surface area contributed by atoms with Gasteiger partial charge in [0.15, 0.2) is 0 Å². The number of allylic oxidation sites excluding steroid dienone is 1. The lowest BCUT2D eigenvalue weighted by Crippen LogP contribution is -2.60. The summed E-state index contributed by atoms with van der Waals surface area (Å²) in [7, 11) is 0. The summed E-state index contributed by atoms with van der Waals surface area (Å²) in [4.78, 5) is 0. The van der Waals surface area contributed by atoms with Gasteiger partial charge in [-0.15, -0.1) is 0 Å². The molecule has 0 aliphatic rings. The molecule has 0 heterocycles. The summed E-state index contributed by atoms with van der Waals surface area (Å²) in [6.07, 6.45) is -12.0. The molecule has 4 nitrogen and oxygen atoms in total. The molecular weight excluding hydrogens is 502 g/mol. The molecule has 0 saturated carbocycles. The van der Waals surface area contributed by atoms with E-state index in [1.807, 2.05) is 6.07 Å². The van der Waals surface area contributed by atoms with Crippen molar-refractivity contribution in [1.82, 2.24) is 0 Å². The Kier molecular flexibility index (Phi) is 8.29. The average molecular weight is 537 g/mol. The summed E-state index contributed by atoms with van der Waals surface area (Å²) < 4.78 is 90.4. The monoisotopic (exact) mass is 536 g/mol. The summed E-state index contributed by atoms with van der Waals surface area (Å²) in [6.45, 7) is 13.2. The second-order valence-corrected chi connectivity index (χ2v) is 11.0. The van der Waals surface area contributed by atoms with E-state index in [2.05, 4.69) is 6.58 Å². The molecular formula is C27H34F6O4. The third kappa shape index (κ3) is 6.66. The minimum Gasteiger partial charge on any atom is -0.388 e. The molecule has 0 aromatic heterocycles. The number of rotatable bonds is 9. The van der Waals surface area contributed by atoms with Crippen LogP contribution in [0.5, 0.6) is 0 Å². The number of alkyl halides is 6. The maximum absolute atomic E-state index is 13.2. The van der Waals surface area contributed by atoms with Gasteiger partial charge in [-0.2, -0.15) is 26.3 Å². The van der Waals surface area contributed by atoms with E-state index < -0.39 is 41.4 Å². The first-order valence-electron chi connectivity index (χ1n) is 11.5. The van der Waals surface area contributed by atoms with Crippen molar-refractivity contribution in [3.8, 4) is 0 Å². The first-order chi connectivity index (χ1) is 16.4. The molecule has 2 rings (SSSR count). The van der Waals surface area contributed by atoms with E-state index in [4.69, 9.17) is 9.47 Å². The zero-order valence-electron chi connectivity index (χ0n) is 22.0. The van der Waals surface area contributed by atoms with Crippen LogP contribution in [0.25, 0.3) is 16.3 Å². The van der Waals surface area contributed by atoms with E-state index in [-0.39, 0.29) is 6.61 Å². The molecule has 0 radical (unpaired) electrons. The van der Waals surface area contributed by atoms with E-state index in [1.54, 1.807) is 52.8 Å². The molecule has 0 amide bonds. The first kappa shape index (κ1) is 31.1. The molecule has 0 spiro atoms. The Morgan fingerprint density at radius 3 is 1.73 bits per heavy atom. The third-order valence-corrected chi connectivity index (χ3v) is 6.14. The van der Waals surface area contributed by atoms with Crippen LogP contribution in [-0.4, -0.2) is 47.0 Å². The first-order valence-corrected chi connectivity index (χ1v) is 11.5. The van der Waals surface area contributed by atoms with Gasteiger partial charge < -0.3 is 19.7 Å². The smallest absolute Gasteiger partial charge is 0.388 e. The highest BCUT2D eigenvalue weighted by atomic mass is 19.4. The molecule has 0 aliphatic carbocycles. The van der Waals surface area contributed by atoms with Crippen LogP contribution in [0.2, 0.25) is 0 Å². The fourth-order valence-electron chi connectivity index (χ4n) is 3.82. The van der Waals surface area contributed by atoms with Crippen LogP contribution in [-0.2, 0) is 20.7 Å². The van der Waals surface area contributed by atoms with Gasteiger partial charge in [-0.25, -0.2) is 0 Å². The van der Waals surface area contributed by atoms with Gasteiger partial charge >= 0.3 is 12.4 Å². The molecule has 10 heteroatoms. The Bertz CT molecular complexity index is 1130. The van der Waals surface area contributed by atoms with Crippen molar-refractivity contribution in [2.75, 3.05) is 13.2 Å². The summed E-state index contributed by atoms with van der Waals surface area (Å²) in [5.41, 5.74) is -6.35. The minimum absolute atomic E-state index is 0.00259. The average Bonchev–Trinajstić information content (AvgIpc) is 2.72. The van der Waals surface area contributed by atoms with Crippen molar-refractivity contribution >= 4 is 16.3 Å². The SMILES string of the molecule is C=C(C)c1cc2cccc(C(C)(C)OCC(O)(C(F)(F)F)C(F)(F)F)c2cc1C(C)(C)OCC(C)(C)O. The topological polar surface area (TPSA) is 58.9 Å². The van der Waals surface area contributed by atoms with E-state index >= 15 is 0 Å². The molecule has 2 N–H and O–H groups in total. The van der Waals surface area contributed by atoms with Crippen LogP contribution in [0.3, 0.4) is 0 Å². The molecule has 208 valence electrons. The summed E-state index contributed by atoms with van der Waals surface area (Å²) in [5.74, 6) is 0. The van der Waals surface area contributed by atoms with Crippen molar-refractivity contribution in [3.05, 3.63) is 53.6 Å². The Labute approximate surface area is 212 Å². The fourth-order valence-corrected chi connectivity index (χ4v) is 3.82. The number of halogens is 6. The summed E-state index contributed by atoms with van der Waals surface area (Å²) in [6, 6.07) is 8.45. The van der Waals surface area contributed by atoms with Gasteiger partial charge in [-0.05, 0) is 88.1 Å². The van der Waals surface area contributed by atoms with Crippen molar-refractivity contribution in [3.63, 3.8) is 0 Å². The van der Waals surface area contributed by atoms with Gasteiger partial charge in [0.1, 0.15) is 0 Å². The van der Waals surface area contributed by atoms with Gasteiger partial charge in [-0.3, -0.25) is 0 Å². The lowest BCUT2D eigenvalue weighted by Gasteiger charge is -2.36. The molecule has 0 unspecified atom stereocenters. The maximum atomic E-state index is 13.2. The quantitative estimate of drug-likeness (QED) is 0.339. The summed E-state index contributed by atoms with van der Waals surface area (Å²) >= 11 is 0. The molecule has 0 fully saturated rings. The third-order valence-electron chi connectivity index (χ3n) is 6.14. The van der Waals surface area contributed by atoms with Crippen molar-refractivity contribution < 1.29 is 46.0 Å². The number of benzene rings is 2. The lowest BCUT2D eigenvalue weighted by molar-refractivity contribution is -0.382. The van der Waals surface area contributed by atoms with Crippen LogP contribution in [0, 0.1) is 0 Å². The maximum Gasteiger partial charge on any atom is 0.428 e. The highest BCUT2D eigenvalue weighted by Crippen LogP contribution is 2.45. The standard InChI is InChI=1S/C27H34F6O4/c1-16(2)18-12-17-10-9-11-20(19(17)13-21(18)24(7,8)36-14-22(3,4)34)23(5,6)37-15-25(35,26(28,29)30)27(31,32)33/h9-13,34-35H,1,14-15H2,2-8H3. The molecule has 0 bridgehead atoms. The Morgan fingerprint density at radius 1 is 0.784 bits per heavy atom. The largest absolute Gasteiger partial charge is 0.428 e. The van der Waals surface area contributed by atoms with Crippen LogP contribution >= 0.6 is 0 Å². The van der Waals surface area contributed by atoms with Gasteiger partial charge in [0, 0.05) is 0 Å². The van der Waals surface area contributed by atoms with Crippen LogP contribution < -0.4 is 0 Å². The number of fused-ring (bicyclic) bond motifs is 1. The van der Waals surface area contributed by atoms with Gasteiger partial charge in [-0.1, -0.05) is 30.4 Å². The molecule has 37 heavy (non-hydrogen) atoms. The number of ether oxygens (including phenoxy) is 2. The van der Waals surface area contributed by atoms with E-state index in [1.165, 1.54) is 19.9 Å². The van der Waals surface area contributed by atoms with Crippen LogP contribution in [0.4, 0.5) is 26.3 Å². The molecule has 0 saturated heterocycles. The Balaban J connectivity index is 2.64. The highest BCUT2D eigenvalue weighted by molar-refractivity contribution is 5.91. The Hall–Kier alpha value is -2.14. The molecule has 2 aromatic rings. The fraction of sp³-hybridized carbons (Fsp3) is 0.556. The second-order valence-electron chi connectivity index (χ2n) is 11.0. The van der Waals surface area contributed by atoms with E-state index in [9.17, 15) is 36.6 Å². The van der Waals surface area contributed by atoms with E-state index in [0.29, 0.717) is 27.5 Å². The van der Waals surface area contributed by atoms with Crippen LogP contribution in [0.1, 0.15) is 65.2 Å². The minimum atomic E-state index is -5.99. The zero-order valence-corrected chi connectivity index (χ0v) is 22.0. The van der Waals surface area contributed by atoms with Crippen molar-refractivity contribution in [1.29, 1.82) is 0 Å². The van der Waals surface area contributed by atoms with Crippen molar-refractivity contribution in [2.45, 2.75) is 83.2 Å². The van der Waals surface area contributed by atoms with Gasteiger partial charge in [0.05, 0.1) is 30.0 Å². The molecule has 2 aromatic carbocycles. The molecule has 0 aliphatic heterocycles. The highest BCUT2D eigenvalue weighted by Gasteiger charge is 2.71. The lowest BCUT2D eigenvalue weighted by atomic mass is 9.84. The normalized spacial score (nSPS) is 14.4. The number of hydrogen-bond donors (Lipinski definition) is 2. The van der Waals surface area contributed by atoms with Gasteiger partial charge in [0.25, 0.3) is 5.60 Å². The Morgan fingerprint density at radius 2 is 1.27 bits per heavy atom. The van der Waals surface area contributed by atoms with E-state index in [0.717, 1.165) is 5.56 Å². The zero-order chi connectivity index (χ0) is 28.8. The van der Waals surface area contributed by atoms with Crippen molar-refractivity contribution in [2.24, 2.45) is 0 Å². The van der Waals surface area contributed by atoms with Gasteiger partial charge in [0.2, 0.25) is 0 Å². The predicted octanol–water partition coefficient (Wildman–Crippen LogP) is 7.00. The number of hydrogen-bond acceptors (Lipinski definition) is 4. The predicted molar refractivity (Wildman–Crippen MR) is 130 cm³/mol. The second kappa shape index (κ2) is 9.87. The summed E-state index contributed by atoms with van der Waals surface area (Å²) in [5, 5.41) is 20.8. The molecule has 0 atom stereocenters. The number of aliphatic hydroxyl groups is 2. The van der Waals surface area contributed by atoms with Crippen LogP contribution in [0.15, 0.2) is 36.9 Å².